The number of benzene rings is 2. The quantitative estimate of drug-likeness (QED) is 0.451. The van der Waals surface area contributed by atoms with Gasteiger partial charge in [0.2, 0.25) is 11.8 Å². The third kappa shape index (κ3) is 9.02. The van der Waals surface area contributed by atoms with Crippen LogP contribution >= 0.6 is 0 Å². The van der Waals surface area contributed by atoms with Gasteiger partial charge in [-0.25, -0.2) is 4.79 Å². The molecule has 196 valence electrons. The topological polar surface area (TPSA) is 87.7 Å². The molecule has 0 bridgehead atoms. The monoisotopic (exact) mass is 495 g/mol. The fraction of sp³-hybridized carbons (Fsp3) is 0.483. The molecule has 0 spiro atoms. The molecule has 0 aliphatic carbocycles. The Kier molecular flexibility index (Phi) is 11.0. The molecule has 7 heteroatoms. The van der Waals surface area contributed by atoms with Crippen LogP contribution in [0.1, 0.15) is 77.1 Å². The van der Waals surface area contributed by atoms with Crippen molar-refractivity contribution in [2.75, 3.05) is 6.54 Å². The first-order valence-electron chi connectivity index (χ1n) is 12.8. The highest BCUT2D eigenvalue weighted by Gasteiger charge is 2.34. The highest BCUT2D eigenvalue weighted by atomic mass is 16.6. The van der Waals surface area contributed by atoms with Crippen LogP contribution in [0.3, 0.4) is 0 Å². The van der Waals surface area contributed by atoms with Gasteiger partial charge in [-0.1, -0.05) is 74.9 Å². The van der Waals surface area contributed by atoms with E-state index in [1.54, 1.807) is 32.6 Å². The normalized spacial score (nSPS) is 12.8. The molecular weight excluding hydrogens is 454 g/mol. The molecule has 2 unspecified atom stereocenters. The summed E-state index contributed by atoms with van der Waals surface area (Å²) in [4.78, 5) is 41.1. The minimum absolute atomic E-state index is 0.267. The van der Waals surface area contributed by atoms with Gasteiger partial charge in [0.05, 0.1) is 0 Å². The Morgan fingerprint density at radius 1 is 0.944 bits per heavy atom. The van der Waals surface area contributed by atoms with Crippen LogP contribution in [-0.2, 0) is 27.3 Å². The molecule has 0 aliphatic heterocycles. The molecule has 2 aromatic rings. The lowest BCUT2D eigenvalue weighted by Crippen LogP contribution is -2.52. The van der Waals surface area contributed by atoms with Crippen molar-refractivity contribution in [2.24, 2.45) is 0 Å². The fourth-order valence-corrected chi connectivity index (χ4v) is 3.78. The number of amides is 3. The number of aryl methyl sites for hydroxylation is 1. The molecule has 2 aromatic carbocycles. The molecule has 3 amide bonds. The summed E-state index contributed by atoms with van der Waals surface area (Å²) in [6.07, 6.45) is 1.78. The molecule has 0 aliphatic rings. The second-order valence-corrected chi connectivity index (χ2v) is 9.95. The number of rotatable bonds is 11. The van der Waals surface area contributed by atoms with Gasteiger partial charge in [-0.15, -0.1) is 0 Å². The van der Waals surface area contributed by atoms with Gasteiger partial charge in [0.25, 0.3) is 0 Å². The summed E-state index contributed by atoms with van der Waals surface area (Å²) in [5, 5.41) is 5.63. The molecule has 2 atom stereocenters. The zero-order chi connectivity index (χ0) is 26.7. The molecule has 0 fully saturated rings. The van der Waals surface area contributed by atoms with Crippen molar-refractivity contribution in [3.63, 3.8) is 0 Å². The molecule has 0 aromatic heterocycles. The summed E-state index contributed by atoms with van der Waals surface area (Å²) in [5.74, 6) is -0.606. The smallest absolute Gasteiger partial charge is 0.408 e. The lowest BCUT2D eigenvalue weighted by atomic mass is 10.00. The molecule has 0 saturated heterocycles. The Hall–Kier alpha value is -3.35. The van der Waals surface area contributed by atoms with Crippen LogP contribution in [0.15, 0.2) is 54.6 Å². The van der Waals surface area contributed by atoms with E-state index in [9.17, 15) is 14.4 Å². The van der Waals surface area contributed by atoms with Gasteiger partial charge in [-0.05, 0) is 57.2 Å². The number of hydrogen-bond donors (Lipinski definition) is 2. The average Bonchev–Trinajstić information content (AvgIpc) is 2.84. The number of unbranched alkanes of at least 4 members (excludes halogenated alkanes) is 1. The van der Waals surface area contributed by atoms with Gasteiger partial charge in [-0.2, -0.15) is 0 Å². The number of alkyl carbamates (subject to hydrolysis) is 1. The third-order valence-electron chi connectivity index (χ3n) is 5.71. The highest BCUT2D eigenvalue weighted by molar-refractivity contribution is 5.92. The summed E-state index contributed by atoms with van der Waals surface area (Å²) in [6.45, 7) is 11.7. The zero-order valence-corrected chi connectivity index (χ0v) is 22.5. The summed E-state index contributed by atoms with van der Waals surface area (Å²) in [7, 11) is 0. The number of carbonyl (C=O) groups is 3. The molecular formula is C29H41N3O4. The number of carbonyl (C=O) groups excluding carboxylic acids is 3. The Bertz CT molecular complexity index is 984. The van der Waals surface area contributed by atoms with Gasteiger partial charge in [0.1, 0.15) is 17.7 Å². The Morgan fingerprint density at radius 2 is 1.58 bits per heavy atom. The van der Waals surface area contributed by atoms with Gasteiger partial charge < -0.3 is 20.3 Å². The van der Waals surface area contributed by atoms with Crippen molar-refractivity contribution >= 4 is 17.9 Å². The largest absolute Gasteiger partial charge is 0.444 e. The van der Waals surface area contributed by atoms with Gasteiger partial charge in [0, 0.05) is 13.1 Å². The molecule has 2 rings (SSSR count). The molecule has 7 nitrogen and oxygen atoms in total. The minimum atomic E-state index is -0.865. The maximum Gasteiger partial charge on any atom is 0.408 e. The summed E-state index contributed by atoms with van der Waals surface area (Å²) >= 11 is 0. The number of hydrogen-bond acceptors (Lipinski definition) is 4. The molecule has 0 heterocycles. The van der Waals surface area contributed by atoms with E-state index in [1.165, 1.54) is 0 Å². The van der Waals surface area contributed by atoms with Crippen LogP contribution < -0.4 is 10.6 Å². The van der Waals surface area contributed by atoms with Crippen molar-refractivity contribution in [3.05, 3.63) is 71.3 Å². The summed E-state index contributed by atoms with van der Waals surface area (Å²) in [5.41, 5.74) is 2.16. The third-order valence-corrected chi connectivity index (χ3v) is 5.71. The van der Waals surface area contributed by atoms with Crippen molar-refractivity contribution in [1.29, 1.82) is 0 Å². The lowest BCUT2D eigenvalue weighted by molar-refractivity contribution is -0.142. The Labute approximate surface area is 215 Å². The van der Waals surface area contributed by atoms with Crippen LogP contribution in [0.25, 0.3) is 0 Å². The summed E-state index contributed by atoms with van der Waals surface area (Å²) in [6, 6.07) is 15.7. The van der Waals surface area contributed by atoms with E-state index in [-0.39, 0.29) is 11.8 Å². The van der Waals surface area contributed by atoms with E-state index >= 15 is 0 Å². The number of ether oxygens (including phenoxy) is 1. The van der Waals surface area contributed by atoms with E-state index in [0.29, 0.717) is 13.1 Å². The van der Waals surface area contributed by atoms with E-state index in [4.69, 9.17) is 4.74 Å². The van der Waals surface area contributed by atoms with Gasteiger partial charge in [-0.3, -0.25) is 9.59 Å². The van der Waals surface area contributed by atoms with Crippen LogP contribution in [0.2, 0.25) is 0 Å². The van der Waals surface area contributed by atoms with Crippen molar-refractivity contribution in [3.8, 4) is 0 Å². The number of nitrogens with zero attached hydrogens (tertiary/aromatic N) is 1. The standard InChI is InChI=1S/C29H41N3O4/c1-7-9-19-32(27(34)21(3)31-28(35)36-29(4,5)6)25(24-17-15-22(8-2)16-18-24)26(33)30-20-23-13-11-10-12-14-23/h10-18,21,25H,7-9,19-20H2,1-6H3,(H,30,33)(H,31,35). The average molecular weight is 496 g/mol. The van der Waals surface area contributed by atoms with E-state index < -0.39 is 23.8 Å². The predicted molar refractivity (Wildman–Crippen MR) is 142 cm³/mol. The maximum atomic E-state index is 13.6. The first-order chi connectivity index (χ1) is 17.1. The van der Waals surface area contributed by atoms with E-state index in [2.05, 4.69) is 17.6 Å². The van der Waals surface area contributed by atoms with Crippen molar-refractivity contribution in [1.82, 2.24) is 15.5 Å². The molecule has 2 N–H and O–H groups in total. The highest BCUT2D eigenvalue weighted by Crippen LogP contribution is 2.24. The second-order valence-electron chi connectivity index (χ2n) is 9.95. The summed E-state index contributed by atoms with van der Waals surface area (Å²) < 4.78 is 5.32. The lowest BCUT2D eigenvalue weighted by Gasteiger charge is -2.33. The zero-order valence-electron chi connectivity index (χ0n) is 22.5. The van der Waals surface area contributed by atoms with Crippen LogP contribution in [-0.4, -0.2) is 41.0 Å². The second kappa shape index (κ2) is 13.7. The fourth-order valence-electron chi connectivity index (χ4n) is 3.78. The van der Waals surface area contributed by atoms with Gasteiger partial charge in [0.15, 0.2) is 0 Å². The first-order valence-corrected chi connectivity index (χ1v) is 12.8. The van der Waals surface area contributed by atoms with Crippen LogP contribution in [0.5, 0.6) is 0 Å². The number of nitrogens with one attached hydrogen (secondary N) is 2. The van der Waals surface area contributed by atoms with Crippen LogP contribution in [0, 0.1) is 0 Å². The molecule has 0 saturated carbocycles. The van der Waals surface area contributed by atoms with Crippen LogP contribution in [0.4, 0.5) is 4.79 Å². The SMILES string of the molecule is CCCCN(C(=O)C(C)NC(=O)OC(C)(C)C)C(C(=O)NCc1ccccc1)c1ccc(CC)cc1. The Morgan fingerprint density at radius 3 is 2.14 bits per heavy atom. The van der Waals surface area contributed by atoms with Crippen molar-refractivity contribution < 1.29 is 19.1 Å². The first kappa shape index (κ1) is 28.9. The minimum Gasteiger partial charge on any atom is -0.444 e. The van der Waals surface area contributed by atoms with Gasteiger partial charge >= 0.3 is 6.09 Å². The molecule has 36 heavy (non-hydrogen) atoms. The van der Waals surface area contributed by atoms with E-state index in [0.717, 1.165) is 36.0 Å². The molecule has 0 radical (unpaired) electrons. The van der Waals surface area contributed by atoms with E-state index in [1.807, 2.05) is 61.5 Å². The predicted octanol–water partition coefficient (Wildman–Crippen LogP) is 5.15. The van der Waals surface area contributed by atoms with Crippen molar-refractivity contribution in [2.45, 2.75) is 85.0 Å². The maximum absolute atomic E-state index is 13.6. The Balaban J connectivity index is 2.34.